The van der Waals surface area contributed by atoms with Crippen molar-refractivity contribution in [3.05, 3.63) is 90.0 Å². The molecule has 0 radical (unpaired) electrons. The van der Waals surface area contributed by atoms with E-state index in [9.17, 15) is 0 Å². The standard InChI is InChI=1S/C26H30O3/c1-26(2,22-14-16-23(17-15-22)28-20-27-3)18-8-10-21-9-7-13-25(19-21)29-24-11-5-4-6-12-24/h4-7,9,11-17,19H,8,10,18,20H2,1-3H3. The zero-order valence-corrected chi connectivity index (χ0v) is 17.6. The van der Waals surface area contributed by atoms with Crippen LogP contribution in [0.15, 0.2) is 78.9 Å². The summed E-state index contributed by atoms with van der Waals surface area (Å²) in [6.45, 7) is 4.87. The van der Waals surface area contributed by atoms with Gasteiger partial charge in [0, 0.05) is 7.11 Å². The molecular formula is C26H30O3. The summed E-state index contributed by atoms with van der Waals surface area (Å²) in [6.07, 6.45) is 3.25. The van der Waals surface area contributed by atoms with Crippen LogP contribution in [0.25, 0.3) is 0 Å². The van der Waals surface area contributed by atoms with Gasteiger partial charge in [0.15, 0.2) is 6.79 Å². The maximum Gasteiger partial charge on any atom is 0.188 e. The molecule has 0 aliphatic heterocycles. The van der Waals surface area contributed by atoms with E-state index in [1.54, 1.807) is 7.11 Å². The zero-order chi connectivity index (χ0) is 20.5. The second-order valence-corrected chi connectivity index (χ2v) is 7.88. The SMILES string of the molecule is COCOc1ccc(C(C)(C)CCCc2cccc(Oc3ccccc3)c2)cc1. The second kappa shape index (κ2) is 10.1. The number of aryl methyl sites for hydroxylation is 1. The van der Waals surface area contributed by atoms with Crippen LogP contribution in [0.3, 0.4) is 0 Å². The van der Waals surface area contributed by atoms with Crippen LogP contribution >= 0.6 is 0 Å². The summed E-state index contributed by atoms with van der Waals surface area (Å²) in [4.78, 5) is 0. The molecular weight excluding hydrogens is 360 g/mol. The highest BCUT2D eigenvalue weighted by molar-refractivity contribution is 5.34. The van der Waals surface area contributed by atoms with Gasteiger partial charge in [-0.3, -0.25) is 0 Å². The predicted molar refractivity (Wildman–Crippen MR) is 118 cm³/mol. The molecule has 0 spiro atoms. The van der Waals surface area contributed by atoms with Gasteiger partial charge >= 0.3 is 0 Å². The van der Waals surface area contributed by atoms with Crippen molar-refractivity contribution in [1.29, 1.82) is 0 Å². The average molecular weight is 391 g/mol. The Morgan fingerprint density at radius 1 is 0.759 bits per heavy atom. The second-order valence-electron chi connectivity index (χ2n) is 7.88. The Morgan fingerprint density at radius 2 is 1.48 bits per heavy atom. The molecule has 0 aliphatic carbocycles. The lowest BCUT2D eigenvalue weighted by Crippen LogP contribution is -2.17. The van der Waals surface area contributed by atoms with Crippen LogP contribution in [0.1, 0.15) is 37.8 Å². The van der Waals surface area contributed by atoms with Gasteiger partial charge in [-0.25, -0.2) is 0 Å². The van der Waals surface area contributed by atoms with E-state index >= 15 is 0 Å². The van der Waals surface area contributed by atoms with Gasteiger partial charge in [0.1, 0.15) is 17.2 Å². The summed E-state index contributed by atoms with van der Waals surface area (Å²) in [5.74, 6) is 2.59. The molecule has 0 aromatic heterocycles. The predicted octanol–water partition coefficient (Wildman–Crippen LogP) is 6.76. The summed E-state index contributed by atoms with van der Waals surface area (Å²) in [5, 5.41) is 0. The van der Waals surface area contributed by atoms with Crippen LogP contribution in [0, 0.1) is 0 Å². The monoisotopic (exact) mass is 390 g/mol. The number of hydrogen-bond acceptors (Lipinski definition) is 3. The zero-order valence-electron chi connectivity index (χ0n) is 17.6. The number of ether oxygens (including phenoxy) is 3. The van der Waals surface area contributed by atoms with E-state index in [0.29, 0.717) is 0 Å². The summed E-state index contributed by atoms with van der Waals surface area (Å²) in [6, 6.07) is 26.6. The van der Waals surface area contributed by atoms with Gasteiger partial charge in [0.2, 0.25) is 0 Å². The third kappa shape index (κ3) is 6.37. The number of methoxy groups -OCH3 is 1. The number of hydrogen-bond donors (Lipinski definition) is 0. The van der Waals surface area contributed by atoms with Crippen molar-refractivity contribution >= 4 is 0 Å². The minimum atomic E-state index is 0.109. The minimum absolute atomic E-state index is 0.109. The summed E-state index contributed by atoms with van der Waals surface area (Å²) >= 11 is 0. The van der Waals surface area contributed by atoms with Crippen LogP contribution in [0.2, 0.25) is 0 Å². The summed E-state index contributed by atoms with van der Waals surface area (Å²) in [5.41, 5.74) is 2.73. The Labute approximate surface area is 174 Å². The lowest BCUT2D eigenvalue weighted by Gasteiger charge is -2.25. The van der Waals surface area contributed by atoms with E-state index < -0.39 is 0 Å². The van der Waals surface area contributed by atoms with Gasteiger partial charge in [-0.1, -0.05) is 56.3 Å². The fourth-order valence-electron chi connectivity index (χ4n) is 3.40. The smallest absolute Gasteiger partial charge is 0.188 e. The van der Waals surface area contributed by atoms with Crippen LogP contribution < -0.4 is 9.47 Å². The maximum absolute atomic E-state index is 5.95. The molecule has 3 aromatic carbocycles. The Balaban J connectivity index is 1.54. The fraction of sp³-hybridized carbons (Fsp3) is 0.308. The molecule has 3 nitrogen and oxygen atoms in total. The van der Waals surface area contributed by atoms with Gasteiger partial charge < -0.3 is 14.2 Å². The molecule has 0 aliphatic rings. The summed E-state index contributed by atoms with van der Waals surface area (Å²) in [7, 11) is 1.63. The molecule has 0 saturated heterocycles. The first kappa shape index (κ1) is 20.9. The van der Waals surface area contributed by atoms with E-state index in [4.69, 9.17) is 14.2 Å². The molecule has 3 aromatic rings. The third-order valence-electron chi connectivity index (χ3n) is 5.12. The molecule has 0 unspecified atom stereocenters. The Morgan fingerprint density at radius 3 is 2.21 bits per heavy atom. The Bertz CT molecular complexity index is 870. The molecule has 0 fully saturated rings. The lowest BCUT2D eigenvalue weighted by molar-refractivity contribution is 0.0511. The number of para-hydroxylation sites is 1. The van der Waals surface area contributed by atoms with Crippen molar-refractivity contribution in [2.24, 2.45) is 0 Å². The van der Waals surface area contributed by atoms with Crippen molar-refractivity contribution in [1.82, 2.24) is 0 Å². The molecule has 0 heterocycles. The molecule has 0 amide bonds. The normalized spacial score (nSPS) is 11.3. The molecule has 0 atom stereocenters. The molecule has 3 heteroatoms. The quantitative estimate of drug-likeness (QED) is 0.358. The highest BCUT2D eigenvalue weighted by Gasteiger charge is 2.20. The topological polar surface area (TPSA) is 27.7 Å². The highest BCUT2D eigenvalue weighted by Crippen LogP contribution is 2.31. The van der Waals surface area contributed by atoms with Crippen molar-refractivity contribution in [2.75, 3.05) is 13.9 Å². The lowest BCUT2D eigenvalue weighted by atomic mass is 9.80. The van der Waals surface area contributed by atoms with Crippen LogP contribution in [-0.4, -0.2) is 13.9 Å². The first-order valence-corrected chi connectivity index (χ1v) is 10.1. The van der Waals surface area contributed by atoms with Crippen LogP contribution in [0.5, 0.6) is 17.2 Å². The molecule has 152 valence electrons. The van der Waals surface area contributed by atoms with Crippen LogP contribution in [-0.2, 0) is 16.6 Å². The first-order valence-electron chi connectivity index (χ1n) is 10.1. The van der Waals surface area contributed by atoms with Crippen molar-refractivity contribution in [3.63, 3.8) is 0 Å². The van der Waals surface area contributed by atoms with Crippen molar-refractivity contribution in [3.8, 4) is 17.2 Å². The van der Waals surface area contributed by atoms with Crippen molar-refractivity contribution in [2.45, 2.75) is 38.5 Å². The Kier molecular flexibility index (Phi) is 7.31. The summed E-state index contributed by atoms with van der Waals surface area (Å²) < 4.78 is 16.4. The van der Waals surface area contributed by atoms with Gasteiger partial charge in [0.25, 0.3) is 0 Å². The highest BCUT2D eigenvalue weighted by atomic mass is 16.7. The fourth-order valence-corrected chi connectivity index (χ4v) is 3.40. The largest absolute Gasteiger partial charge is 0.468 e. The first-order chi connectivity index (χ1) is 14.1. The van der Waals surface area contributed by atoms with E-state index in [1.807, 2.05) is 48.5 Å². The van der Waals surface area contributed by atoms with E-state index in [2.05, 4.69) is 44.2 Å². The molecule has 0 N–H and O–H groups in total. The van der Waals surface area contributed by atoms with E-state index in [0.717, 1.165) is 36.5 Å². The number of benzene rings is 3. The van der Waals surface area contributed by atoms with Gasteiger partial charge in [-0.05, 0) is 72.2 Å². The minimum Gasteiger partial charge on any atom is -0.468 e. The van der Waals surface area contributed by atoms with Crippen LogP contribution in [0.4, 0.5) is 0 Å². The van der Waals surface area contributed by atoms with Gasteiger partial charge in [0.05, 0.1) is 0 Å². The Hall–Kier alpha value is -2.78. The van der Waals surface area contributed by atoms with E-state index in [-0.39, 0.29) is 12.2 Å². The number of rotatable bonds is 10. The van der Waals surface area contributed by atoms with Crippen molar-refractivity contribution < 1.29 is 14.2 Å². The molecule has 0 bridgehead atoms. The van der Waals surface area contributed by atoms with Gasteiger partial charge in [-0.2, -0.15) is 0 Å². The average Bonchev–Trinajstić information content (AvgIpc) is 2.73. The molecule has 0 saturated carbocycles. The third-order valence-corrected chi connectivity index (χ3v) is 5.12. The van der Waals surface area contributed by atoms with E-state index in [1.165, 1.54) is 11.1 Å². The molecule has 3 rings (SSSR count). The van der Waals surface area contributed by atoms with Gasteiger partial charge in [-0.15, -0.1) is 0 Å². The molecule has 29 heavy (non-hydrogen) atoms. The maximum atomic E-state index is 5.95.